The lowest BCUT2D eigenvalue weighted by molar-refractivity contribution is -0.135. The molecular formula is C15H24O2. The summed E-state index contributed by atoms with van der Waals surface area (Å²) < 4.78 is 5.62. The Morgan fingerprint density at radius 1 is 1.29 bits per heavy atom. The van der Waals surface area contributed by atoms with E-state index in [4.69, 9.17) is 4.74 Å². The summed E-state index contributed by atoms with van der Waals surface area (Å²) in [6.07, 6.45) is 5.58. The smallest absolute Gasteiger partial charge is 0.173 e. The molecule has 0 saturated carbocycles. The molecule has 2 nitrogen and oxygen atoms in total. The third-order valence-corrected chi connectivity index (χ3v) is 3.35. The first-order valence-electron chi connectivity index (χ1n) is 6.17. The zero-order valence-electron chi connectivity index (χ0n) is 11.9. The largest absolute Gasteiger partial charge is 0.362 e. The van der Waals surface area contributed by atoms with Gasteiger partial charge < -0.3 is 4.74 Å². The fraction of sp³-hybridized carbons (Fsp3) is 0.667. The molecule has 96 valence electrons. The molecule has 0 aliphatic heterocycles. The van der Waals surface area contributed by atoms with Crippen molar-refractivity contribution in [1.82, 2.24) is 0 Å². The molecule has 0 aromatic heterocycles. The van der Waals surface area contributed by atoms with E-state index in [0.29, 0.717) is 6.42 Å². The Morgan fingerprint density at radius 2 is 1.76 bits per heavy atom. The van der Waals surface area contributed by atoms with Crippen molar-refractivity contribution in [2.24, 2.45) is 5.41 Å². The van der Waals surface area contributed by atoms with Gasteiger partial charge in [0.15, 0.2) is 11.4 Å². The molecule has 0 bridgehead atoms. The number of hydrogen-bond acceptors (Lipinski definition) is 2. The summed E-state index contributed by atoms with van der Waals surface area (Å²) in [4.78, 5) is 12.6. The van der Waals surface area contributed by atoms with Crippen molar-refractivity contribution in [1.29, 1.82) is 0 Å². The molecule has 17 heavy (non-hydrogen) atoms. The molecular weight excluding hydrogens is 212 g/mol. The van der Waals surface area contributed by atoms with Crippen LogP contribution in [0.25, 0.3) is 0 Å². The highest BCUT2D eigenvalue weighted by Gasteiger charge is 2.43. The predicted molar refractivity (Wildman–Crippen MR) is 71.0 cm³/mol. The number of carbonyl (C=O) groups is 1. The average Bonchev–Trinajstić information content (AvgIpc) is 2.15. The molecule has 0 amide bonds. The summed E-state index contributed by atoms with van der Waals surface area (Å²) in [5.74, 6) is 0.162. The first-order valence-corrected chi connectivity index (χ1v) is 6.17. The van der Waals surface area contributed by atoms with Gasteiger partial charge in [0.05, 0.1) is 0 Å². The van der Waals surface area contributed by atoms with E-state index in [0.717, 1.165) is 17.6 Å². The van der Waals surface area contributed by atoms with Crippen molar-refractivity contribution in [2.75, 3.05) is 7.11 Å². The summed E-state index contributed by atoms with van der Waals surface area (Å²) in [6.45, 7) is 10.2. The lowest BCUT2D eigenvalue weighted by Gasteiger charge is -2.37. The number of hydrogen-bond donors (Lipinski definition) is 0. The molecule has 0 radical (unpaired) electrons. The summed E-state index contributed by atoms with van der Waals surface area (Å²) in [7, 11) is 1.63. The second kappa shape index (κ2) is 4.77. The number of rotatable bonds is 3. The van der Waals surface area contributed by atoms with E-state index in [9.17, 15) is 4.79 Å². The Kier molecular flexibility index (Phi) is 3.98. The first kappa shape index (κ1) is 14.2. The van der Waals surface area contributed by atoms with Gasteiger partial charge in [-0.2, -0.15) is 0 Å². The number of Topliss-reactive ketones (excluding diaryl/α,β-unsaturated/α-hetero) is 1. The van der Waals surface area contributed by atoms with Crippen LogP contribution in [0.1, 0.15) is 47.5 Å². The van der Waals surface area contributed by atoms with Gasteiger partial charge in [0.1, 0.15) is 0 Å². The SMILES string of the molecule is COC1(C(=O)CC(C)(C)C)C(C)=CCC=C1C. The second-order valence-electron chi connectivity index (χ2n) is 6.06. The molecule has 1 aliphatic rings. The predicted octanol–water partition coefficient (Wildman–Crippen LogP) is 3.67. The summed E-state index contributed by atoms with van der Waals surface area (Å²) in [6, 6.07) is 0. The molecule has 0 aromatic carbocycles. The van der Waals surface area contributed by atoms with Gasteiger partial charge in [0.25, 0.3) is 0 Å². The van der Waals surface area contributed by atoms with Crippen LogP contribution in [-0.4, -0.2) is 18.5 Å². The summed E-state index contributed by atoms with van der Waals surface area (Å²) >= 11 is 0. The maximum atomic E-state index is 12.6. The van der Waals surface area contributed by atoms with Crippen LogP contribution in [0.3, 0.4) is 0 Å². The molecule has 0 saturated heterocycles. The molecule has 0 unspecified atom stereocenters. The monoisotopic (exact) mass is 236 g/mol. The summed E-state index contributed by atoms with van der Waals surface area (Å²) in [5.41, 5.74) is 1.22. The van der Waals surface area contributed by atoms with Gasteiger partial charge in [0, 0.05) is 13.5 Å². The van der Waals surface area contributed by atoms with Crippen LogP contribution < -0.4 is 0 Å². The van der Waals surface area contributed by atoms with Gasteiger partial charge in [-0.15, -0.1) is 0 Å². The van der Waals surface area contributed by atoms with Gasteiger partial charge in [0.2, 0.25) is 0 Å². The fourth-order valence-electron chi connectivity index (χ4n) is 2.49. The number of ketones is 1. The van der Waals surface area contributed by atoms with Crippen molar-refractivity contribution in [2.45, 2.75) is 53.1 Å². The third kappa shape index (κ3) is 2.68. The number of carbonyl (C=O) groups excluding carboxylic acids is 1. The molecule has 0 aromatic rings. The van der Waals surface area contributed by atoms with Crippen molar-refractivity contribution in [3.63, 3.8) is 0 Å². The lowest BCUT2D eigenvalue weighted by Crippen LogP contribution is -2.45. The molecule has 2 heteroatoms. The highest BCUT2D eigenvalue weighted by molar-refractivity contribution is 5.94. The van der Waals surface area contributed by atoms with Crippen LogP contribution >= 0.6 is 0 Å². The highest BCUT2D eigenvalue weighted by Crippen LogP contribution is 2.37. The van der Waals surface area contributed by atoms with E-state index < -0.39 is 5.60 Å². The van der Waals surface area contributed by atoms with Gasteiger partial charge in [-0.3, -0.25) is 4.79 Å². The van der Waals surface area contributed by atoms with E-state index in [1.54, 1.807) is 7.11 Å². The third-order valence-electron chi connectivity index (χ3n) is 3.35. The molecule has 0 spiro atoms. The highest BCUT2D eigenvalue weighted by atomic mass is 16.5. The van der Waals surface area contributed by atoms with Crippen LogP contribution in [0.4, 0.5) is 0 Å². The van der Waals surface area contributed by atoms with Crippen LogP contribution in [0, 0.1) is 5.41 Å². The second-order valence-corrected chi connectivity index (χ2v) is 6.06. The van der Waals surface area contributed by atoms with Gasteiger partial charge in [-0.05, 0) is 36.8 Å². The van der Waals surface area contributed by atoms with Crippen LogP contribution in [0.15, 0.2) is 23.3 Å². The van der Waals surface area contributed by atoms with E-state index >= 15 is 0 Å². The summed E-state index contributed by atoms with van der Waals surface area (Å²) in [5, 5.41) is 0. The standard InChI is InChI=1S/C15H24O2/c1-11-8-7-9-12(2)15(11,17-6)13(16)10-14(3,4)5/h8-9H,7,10H2,1-6H3. The number of ether oxygens (including phenoxy) is 1. The van der Waals surface area contributed by atoms with Gasteiger partial charge >= 0.3 is 0 Å². The molecule has 0 fully saturated rings. The minimum Gasteiger partial charge on any atom is -0.362 e. The number of methoxy groups -OCH3 is 1. The quantitative estimate of drug-likeness (QED) is 0.699. The van der Waals surface area contributed by atoms with Crippen molar-refractivity contribution < 1.29 is 9.53 Å². The van der Waals surface area contributed by atoms with E-state index in [1.165, 1.54) is 0 Å². The first-order chi connectivity index (χ1) is 7.74. The van der Waals surface area contributed by atoms with E-state index in [1.807, 2.05) is 13.8 Å². The maximum Gasteiger partial charge on any atom is 0.173 e. The average molecular weight is 236 g/mol. The zero-order valence-corrected chi connectivity index (χ0v) is 11.9. The van der Waals surface area contributed by atoms with Gasteiger partial charge in [-0.25, -0.2) is 0 Å². The Hall–Kier alpha value is -0.890. The topological polar surface area (TPSA) is 26.3 Å². The molecule has 0 N–H and O–H groups in total. The molecule has 0 atom stereocenters. The van der Waals surface area contributed by atoms with E-state index in [2.05, 4.69) is 32.9 Å². The van der Waals surface area contributed by atoms with Crippen LogP contribution in [0.2, 0.25) is 0 Å². The maximum absolute atomic E-state index is 12.6. The van der Waals surface area contributed by atoms with Crippen LogP contribution in [-0.2, 0) is 9.53 Å². The molecule has 0 heterocycles. The minimum absolute atomic E-state index is 0.0133. The van der Waals surface area contributed by atoms with Crippen LogP contribution in [0.5, 0.6) is 0 Å². The Bertz CT molecular complexity index is 349. The number of allylic oxidation sites excluding steroid dienone is 2. The van der Waals surface area contributed by atoms with Crippen molar-refractivity contribution in [3.8, 4) is 0 Å². The van der Waals surface area contributed by atoms with Crippen molar-refractivity contribution >= 4 is 5.78 Å². The Balaban J connectivity index is 3.11. The van der Waals surface area contributed by atoms with E-state index in [-0.39, 0.29) is 11.2 Å². The lowest BCUT2D eigenvalue weighted by atomic mass is 9.74. The Morgan fingerprint density at radius 3 is 2.12 bits per heavy atom. The fourth-order valence-corrected chi connectivity index (χ4v) is 2.49. The minimum atomic E-state index is -0.814. The zero-order chi connectivity index (χ0) is 13.3. The molecule has 1 rings (SSSR count). The Labute approximate surface area is 105 Å². The normalized spacial score (nSPS) is 19.6. The molecule has 1 aliphatic carbocycles. The van der Waals surface area contributed by atoms with Gasteiger partial charge in [-0.1, -0.05) is 32.9 Å². The van der Waals surface area contributed by atoms with Crippen molar-refractivity contribution in [3.05, 3.63) is 23.3 Å².